The molecule has 110 valence electrons. The van der Waals surface area contributed by atoms with Gasteiger partial charge in [0.25, 0.3) is 0 Å². The van der Waals surface area contributed by atoms with Crippen molar-refractivity contribution in [2.45, 2.75) is 20.4 Å². The first kappa shape index (κ1) is 15.8. The number of nitrogens with one attached hydrogen (secondary N) is 1. The van der Waals surface area contributed by atoms with Crippen molar-refractivity contribution in [2.24, 2.45) is 0 Å². The molecule has 1 N–H and O–H groups in total. The van der Waals surface area contributed by atoms with E-state index in [0.29, 0.717) is 0 Å². The van der Waals surface area contributed by atoms with Crippen LogP contribution in [-0.2, 0) is 6.54 Å². The molecular formula is C18H22N2S. The second-order valence-electron chi connectivity index (χ2n) is 5.00. The Morgan fingerprint density at radius 2 is 2.00 bits per heavy atom. The minimum Gasteiger partial charge on any atom is -0.318 e. The largest absolute Gasteiger partial charge is 0.318 e. The lowest BCUT2D eigenvalue weighted by Gasteiger charge is -2.10. The maximum atomic E-state index is 5.23. The van der Waals surface area contributed by atoms with Gasteiger partial charge in [-0.3, -0.25) is 0 Å². The summed E-state index contributed by atoms with van der Waals surface area (Å²) >= 11 is 1.79. The first-order valence-electron chi connectivity index (χ1n) is 7.19. The lowest BCUT2D eigenvalue weighted by Crippen LogP contribution is -2.17. The SMILES string of the molecule is C#CCSCCNCc1cc(C)n(-c2ccccc2)c1C. The molecule has 0 aliphatic carbocycles. The maximum Gasteiger partial charge on any atom is 0.0545 e. The van der Waals surface area contributed by atoms with Crippen molar-refractivity contribution in [3.05, 3.63) is 53.3 Å². The first-order valence-corrected chi connectivity index (χ1v) is 8.34. The van der Waals surface area contributed by atoms with Gasteiger partial charge in [-0.1, -0.05) is 24.1 Å². The van der Waals surface area contributed by atoms with Gasteiger partial charge >= 0.3 is 0 Å². The number of thioether (sulfide) groups is 1. The van der Waals surface area contributed by atoms with Crippen LogP contribution in [0.15, 0.2) is 36.4 Å². The monoisotopic (exact) mass is 298 g/mol. The highest BCUT2D eigenvalue weighted by atomic mass is 32.2. The molecule has 0 fully saturated rings. The lowest BCUT2D eigenvalue weighted by atomic mass is 10.2. The van der Waals surface area contributed by atoms with Crippen molar-refractivity contribution in [2.75, 3.05) is 18.1 Å². The molecule has 0 saturated carbocycles. The quantitative estimate of drug-likeness (QED) is 0.622. The molecule has 0 bridgehead atoms. The van der Waals surface area contributed by atoms with Gasteiger partial charge in [0.05, 0.1) is 5.75 Å². The maximum absolute atomic E-state index is 5.23. The Morgan fingerprint density at radius 1 is 1.24 bits per heavy atom. The Bertz CT molecular complexity index is 608. The van der Waals surface area contributed by atoms with E-state index in [9.17, 15) is 0 Å². The van der Waals surface area contributed by atoms with Gasteiger partial charge in [0.2, 0.25) is 0 Å². The van der Waals surface area contributed by atoms with E-state index in [0.717, 1.165) is 24.6 Å². The molecule has 1 aromatic heterocycles. The fourth-order valence-corrected chi connectivity index (χ4v) is 3.03. The lowest BCUT2D eigenvalue weighted by molar-refractivity contribution is 0.727. The van der Waals surface area contributed by atoms with Gasteiger partial charge in [0.1, 0.15) is 0 Å². The molecule has 2 aromatic rings. The van der Waals surface area contributed by atoms with E-state index >= 15 is 0 Å². The van der Waals surface area contributed by atoms with Crippen molar-refractivity contribution in [3.8, 4) is 18.0 Å². The summed E-state index contributed by atoms with van der Waals surface area (Å²) in [4.78, 5) is 0. The predicted molar refractivity (Wildman–Crippen MR) is 93.1 cm³/mol. The second-order valence-corrected chi connectivity index (χ2v) is 6.11. The van der Waals surface area contributed by atoms with E-state index in [1.807, 2.05) is 6.07 Å². The van der Waals surface area contributed by atoms with Crippen LogP contribution in [0, 0.1) is 26.2 Å². The zero-order chi connectivity index (χ0) is 15.1. The molecule has 0 atom stereocenters. The average Bonchev–Trinajstić information content (AvgIpc) is 2.78. The van der Waals surface area contributed by atoms with Crippen molar-refractivity contribution in [1.29, 1.82) is 0 Å². The Balaban J connectivity index is 1.98. The zero-order valence-electron chi connectivity index (χ0n) is 12.7. The van der Waals surface area contributed by atoms with Crippen LogP contribution < -0.4 is 5.32 Å². The molecule has 0 radical (unpaired) electrons. The van der Waals surface area contributed by atoms with Crippen molar-refractivity contribution in [3.63, 3.8) is 0 Å². The van der Waals surface area contributed by atoms with Gasteiger partial charge in [-0.05, 0) is 37.6 Å². The Morgan fingerprint density at radius 3 is 2.71 bits per heavy atom. The summed E-state index contributed by atoms with van der Waals surface area (Å²) in [5, 5.41) is 3.49. The summed E-state index contributed by atoms with van der Waals surface area (Å²) < 4.78 is 2.31. The minimum absolute atomic E-state index is 0.796. The van der Waals surface area contributed by atoms with E-state index in [4.69, 9.17) is 6.42 Å². The number of rotatable bonds is 7. The number of hydrogen-bond acceptors (Lipinski definition) is 2. The van der Waals surface area contributed by atoms with Gasteiger partial charge in [-0.15, -0.1) is 18.2 Å². The Kier molecular flexibility index (Phi) is 5.98. The van der Waals surface area contributed by atoms with Crippen LogP contribution in [0.2, 0.25) is 0 Å². The van der Waals surface area contributed by atoms with E-state index in [1.165, 1.54) is 22.6 Å². The minimum atomic E-state index is 0.796. The predicted octanol–water partition coefficient (Wildman–Crippen LogP) is 3.55. The Labute approximate surface area is 131 Å². The molecular weight excluding hydrogens is 276 g/mol. The molecule has 0 unspecified atom stereocenters. The molecule has 0 saturated heterocycles. The highest BCUT2D eigenvalue weighted by Crippen LogP contribution is 2.20. The fourth-order valence-electron chi connectivity index (χ4n) is 2.48. The number of aromatic nitrogens is 1. The van der Waals surface area contributed by atoms with Crippen LogP contribution in [0.5, 0.6) is 0 Å². The van der Waals surface area contributed by atoms with Crippen LogP contribution in [0.3, 0.4) is 0 Å². The molecule has 0 spiro atoms. The number of hydrogen-bond donors (Lipinski definition) is 1. The van der Waals surface area contributed by atoms with E-state index in [2.05, 4.69) is 60.0 Å². The number of aryl methyl sites for hydroxylation is 1. The van der Waals surface area contributed by atoms with E-state index in [1.54, 1.807) is 11.8 Å². The molecule has 2 nitrogen and oxygen atoms in total. The third-order valence-corrected chi connectivity index (χ3v) is 4.34. The van der Waals surface area contributed by atoms with Crippen molar-refractivity contribution >= 4 is 11.8 Å². The molecule has 1 aromatic carbocycles. The number of para-hydroxylation sites is 1. The number of terminal acetylenes is 1. The van der Waals surface area contributed by atoms with Gasteiger partial charge in [-0.2, -0.15) is 0 Å². The standard InChI is InChI=1S/C18H22N2S/c1-4-11-21-12-10-19-14-17-13-15(2)20(16(17)3)18-8-6-5-7-9-18/h1,5-9,13,19H,10-12,14H2,2-3H3. The molecule has 0 aliphatic rings. The van der Waals surface area contributed by atoms with Crippen LogP contribution in [0.25, 0.3) is 5.69 Å². The average molecular weight is 298 g/mol. The van der Waals surface area contributed by atoms with Crippen molar-refractivity contribution < 1.29 is 0 Å². The van der Waals surface area contributed by atoms with E-state index < -0.39 is 0 Å². The smallest absolute Gasteiger partial charge is 0.0545 e. The second kappa shape index (κ2) is 7.97. The summed E-state index contributed by atoms with van der Waals surface area (Å²) in [5.41, 5.74) is 5.17. The zero-order valence-corrected chi connectivity index (χ0v) is 13.5. The molecule has 1 heterocycles. The third kappa shape index (κ3) is 4.17. The van der Waals surface area contributed by atoms with Crippen LogP contribution in [-0.4, -0.2) is 22.6 Å². The van der Waals surface area contributed by atoms with Crippen LogP contribution in [0.1, 0.15) is 17.0 Å². The van der Waals surface area contributed by atoms with Gasteiger partial charge in [-0.25, -0.2) is 0 Å². The normalized spacial score (nSPS) is 10.5. The Hall–Kier alpha value is -1.63. The highest BCUT2D eigenvalue weighted by molar-refractivity contribution is 7.99. The summed E-state index contributed by atoms with van der Waals surface area (Å²) in [6, 6.07) is 12.8. The summed E-state index contributed by atoms with van der Waals surface area (Å²) in [5.74, 6) is 4.50. The van der Waals surface area contributed by atoms with Crippen LogP contribution in [0.4, 0.5) is 0 Å². The molecule has 0 amide bonds. The van der Waals surface area contributed by atoms with Gasteiger partial charge < -0.3 is 9.88 Å². The summed E-state index contributed by atoms with van der Waals surface area (Å²) in [7, 11) is 0. The van der Waals surface area contributed by atoms with Gasteiger partial charge in [0, 0.05) is 35.9 Å². The summed E-state index contributed by atoms with van der Waals surface area (Å²) in [6.45, 7) is 6.24. The number of nitrogens with zero attached hydrogens (tertiary/aromatic N) is 1. The first-order chi connectivity index (χ1) is 10.2. The molecule has 2 rings (SSSR count). The van der Waals surface area contributed by atoms with Gasteiger partial charge in [0.15, 0.2) is 0 Å². The van der Waals surface area contributed by atoms with Crippen molar-refractivity contribution in [1.82, 2.24) is 9.88 Å². The topological polar surface area (TPSA) is 17.0 Å². The highest BCUT2D eigenvalue weighted by Gasteiger charge is 2.09. The fraction of sp³-hybridized carbons (Fsp3) is 0.333. The van der Waals surface area contributed by atoms with E-state index in [-0.39, 0.29) is 0 Å². The van der Waals surface area contributed by atoms with Crippen LogP contribution >= 0.6 is 11.8 Å². The molecule has 0 aliphatic heterocycles. The summed E-state index contributed by atoms with van der Waals surface area (Å²) in [6.07, 6.45) is 5.23. The third-order valence-electron chi connectivity index (χ3n) is 3.47. The molecule has 21 heavy (non-hydrogen) atoms. The molecule has 3 heteroatoms. The number of benzene rings is 1.